The normalized spacial score (nSPS) is 22.8. The molecule has 0 radical (unpaired) electrons. The van der Waals surface area contributed by atoms with Crippen LogP contribution in [-0.4, -0.2) is 43.7 Å². The lowest BCUT2D eigenvalue weighted by atomic mass is 9.99. The molecule has 2 N–H and O–H groups in total. The highest BCUT2D eigenvalue weighted by atomic mass is 16.2. The molecular weight excluding hydrogens is 190 g/mol. The highest BCUT2D eigenvalue weighted by molar-refractivity contribution is 5.74. The summed E-state index contributed by atoms with van der Waals surface area (Å²) in [6.07, 6.45) is 2.47. The fourth-order valence-electron chi connectivity index (χ4n) is 1.99. The fourth-order valence-corrected chi connectivity index (χ4v) is 1.99. The SMILES string of the molecule is CC(C)NC(=O)NCC1CCCN(C)C1. The highest BCUT2D eigenvalue weighted by Gasteiger charge is 2.17. The van der Waals surface area contributed by atoms with Crippen molar-refractivity contribution in [2.45, 2.75) is 32.7 Å². The molecule has 1 aliphatic heterocycles. The van der Waals surface area contributed by atoms with Crippen LogP contribution in [0.1, 0.15) is 26.7 Å². The van der Waals surface area contributed by atoms with E-state index in [2.05, 4.69) is 22.6 Å². The van der Waals surface area contributed by atoms with Gasteiger partial charge in [0.15, 0.2) is 0 Å². The lowest BCUT2D eigenvalue weighted by molar-refractivity contribution is 0.201. The van der Waals surface area contributed by atoms with Crippen molar-refractivity contribution in [3.63, 3.8) is 0 Å². The van der Waals surface area contributed by atoms with E-state index in [1.807, 2.05) is 13.8 Å². The molecule has 88 valence electrons. The van der Waals surface area contributed by atoms with Gasteiger partial charge in [0, 0.05) is 19.1 Å². The van der Waals surface area contributed by atoms with Gasteiger partial charge in [-0.2, -0.15) is 0 Å². The molecule has 0 saturated carbocycles. The van der Waals surface area contributed by atoms with Crippen molar-refractivity contribution in [1.29, 1.82) is 0 Å². The second-order valence-corrected chi connectivity index (χ2v) is 4.78. The van der Waals surface area contributed by atoms with Crippen LogP contribution in [0.5, 0.6) is 0 Å². The average molecular weight is 213 g/mol. The van der Waals surface area contributed by atoms with Gasteiger partial charge in [0.2, 0.25) is 0 Å². The average Bonchev–Trinajstić information content (AvgIpc) is 2.14. The lowest BCUT2D eigenvalue weighted by Crippen LogP contribution is -2.44. The Kier molecular flexibility index (Phi) is 4.88. The van der Waals surface area contributed by atoms with Gasteiger partial charge in [0.05, 0.1) is 0 Å². The molecule has 0 aliphatic carbocycles. The molecule has 4 nitrogen and oxygen atoms in total. The minimum Gasteiger partial charge on any atom is -0.338 e. The van der Waals surface area contributed by atoms with E-state index in [1.165, 1.54) is 19.4 Å². The topological polar surface area (TPSA) is 44.4 Å². The maximum atomic E-state index is 11.3. The molecule has 1 atom stereocenters. The summed E-state index contributed by atoms with van der Waals surface area (Å²) in [5, 5.41) is 5.76. The number of likely N-dealkylation sites (tertiary alicyclic amines) is 1. The zero-order valence-electron chi connectivity index (χ0n) is 10.0. The summed E-state index contributed by atoms with van der Waals surface area (Å²) >= 11 is 0. The van der Waals surface area contributed by atoms with Crippen LogP contribution in [0.25, 0.3) is 0 Å². The van der Waals surface area contributed by atoms with Gasteiger partial charge in [0.1, 0.15) is 0 Å². The zero-order chi connectivity index (χ0) is 11.3. The third kappa shape index (κ3) is 5.02. The molecular formula is C11H23N3O. The van der Waals surface area contributed by atoms with Gasteiger partial charge in [0.25, 0.3) is 0 Å². The van der Waals surface area contributed by atoms with Crippen LogP contribution >= 0.6 is 0 Å². The van der Waals surface area contributed by atoms with Crippen molar-refractivity contribution in [1.82, 2.24) is 15.5 Å². The van der Waals surface area contributed by atoms with E-state index < -0.39 is 0 Å². The van der Waals surface area contributed by atoms with Crippen LogP contribution < -0.4 is 10.6 Å². The van der Waals surface area contributed by atoms with Gasteiger partial charge in [-0.15, -0.1) is 0 Å². The largest absolute Gasteiger partial charge is 0.338 e. The number of nitrogens with zero attached hydrogens (tertiary/aromatic N) is 1. The molecule has 1 rings (SSSR count). The summed E-state index contributed by atoms with van der Waals surface area (Å²) in [6.45, 7) is 7.02. The Bertz CT molecular complexity index is 206. The molecule has 1 saturated heterocycles. The van der Waals surface area contributed by atoms with Crippen LogP contribution in [0, 0.1) is 5.92 Å². The van der Waals surface area contributed by atoms with Gasteiger partial charge in [-0.05, 0) is 46.2 Å². The van der Waals surface area contributed by atoms with Crippen molar-refractivity contribution < 1.29 is 4.79 Å². The fraction of sp³-hybridized carbons (Fsp3) is 0.909. The summed E-state index contributed by atoms with van der Waals surface area (Å²) in [7, 11) is 2.14. The maximum Gasteiger partial charge on any atom is 0.314 e. The molecule has 15 heavy (non-hydrogen) atoms. The number of carbonyl (C=O) groups excluding carboxylic acids is 1. The molecule has 2 amide bonds. The molecule has 1 aliphatic rings. The molecule has 0 aromatic rings. The summed E-state index contributed by atoms with van der Waals surface area (Å²) in [5.41, 5.74) is 0. The molecule has 0 aromatic heterocycles. The monoisotopic (exact) mass is 213 g/mol. The highest BCUT2D eigenvalue weighted by Crippen LogP contribution is 2.13. The van der Waals surface area contributed by atoms with E-state index in [0.29, 0.717) is 5.92 Å². The van der Waals surface area contributed by atoms with Crippen LogP contribution in [0.2, 0.25) is 0 Å². The minimum atomic E-state index is -0.0433. The van der Waals surface area contributed by atoms with Gasteiger partial charge < -0.3 is 15.5 Å². The Morgan fingerprint density at radius 1 is 1.53 bits per heavy atom. The van der Waals surface area contributed by atoms with E-state index in [9.17, 15) is 4.79 Å². The quantitative estimate of drug-likeness (QED) is 0.735. The van der Waals surface area contributed by atoms with Crippen molar-refractivity contribution in [3.05, 3.63) is 0 Å². The van der Waals surface area contributed by atoms with E-state index in [4.69, 9.17) is 0 Å². The molecule has 1 fully saturated rings. The molecule has 1 unspecified atom stereocenters. The maximum absolute atomic E-state index is 11.3. The van der Waals surface area contributed by atoms with Crippen LogP contribution in [0.3, 0.4) is 0 Å². The molecule has 0 spiro atoms. The summed E-state index contributed by atoms with van der Waals surface area (Å²) in [4.78, 5) is 13.7. The second-order valence-electron chi connectivity index (χ2n) is 4.78. The number of rotatable bonds is 3. The molecule has 0 aromatic carbocycles. The number of amides is 2. The predicted molar refractivity (Wildman–Crippen MR) is 61.9 cm³/mol. The van der Waals surface area contributed by atoms with Crippen LogP contribution in [0.4, 0.5) is 4.79 Å². The molecule has 0 bridgehead atoms. The number of carbonyl (C=O) groups is 1. The van der Waals surface area contributed by atoms with E-state index in [-0.39, 0.29) is 12.1 Å². The molecule has 4 heteroatoms. The second kappa shape index (κ2) is 5.95. The van der Waals surface area contributed by atoms with Gasteiger partial charge in [-0.25, -0.2) is 4.79 Å². The predicted octanol–water partition coefficient (Wildman–Crippen LogP) is 1.04. The van der Waals surface area contributed by atoms with Crippen molar-refractivity contribution in [2.24, 2.45) is 5.92 Å². The van der Waals surface area contributed by atoms with Gasteiger partial charge >= 0.3 is 6.03 Å². The first kappa shape index (κ1) is 12.3. The number of nitrogens with one attached hydrogen (secondary N) is 2. The summed E-state index contributed by atoms with van der Waals surface area (Å²) < 4.78 is 0. The summed E-state index contributed by atoms with van der Waals surface area (Å²) in [5.74, 6) is 0.613. The Morgan fingerprint density at radius 3 is 2.87 bits per heavy atom. The third-order valence-electron chi connectivity index (χ3n) is 2.69. The van der Waals surface area contributed by atoms with Crippen molar-refractivity contribution >= 4 is 6.03 Å². The van der Waals surface area contributed by atoms with E-state index >= 15 is 0 Å². The number of urea groups is 1. The zero-order valence-corrected chi connectivity index (χ0v) is 10.0. The van der Waals surface area contributed by atoms with E-state index in [0.717, 1.165) is 13.1 Å². The Balaban J connectivity index is 2.16. The Hall–Kier alpha value is -0.770. The van der Waals surface area contributed by atoms with Crippen LogP contribution in [0.15, 0.2) is 0 Å². The van der Waals surface area contributed by atoms with Gasteiger partial charge in [-0.1, -0.05) is 0 Å². The first-order chi connectivity index (χ1) is 7.08. The standard InChI is InChI=1S/C11H23N3O/c1-9(2)13-11(15)12-7-10-5-4-6-14(3)8-10/h9-10H,4-8H2,1-3H3,(H2,12,13,15). The third-order valence-corrected chi connectivity index (χ3v) is 2.69. The van der Waals surface area contributed by atoms with Crippen LogP contribution in [-0.2, 0) is 0 Å². The smallest absolute Gasteiger partial charge is 0.314 e. The molecule has 1 heterocycles. The summed E-state index contributed by atoms with van der Waals surface area (Å²) in [6, 6.07) is 0.164. The first-order valence-corrected chi connectivity index (χ1v) is 5.81. The minimum absolute atomic E-state index is 0.0433. The first-order valence-electron chi connectivity index (χ1n) is 5.81. The number of piperidine rings is 1. The Morgan fingerprint density at radius 2 is 2.27 bits per heavy atom. The van der Waals surface area contributed by atoms with Gasteiger partial charge in [-0.3, -0.25) is 0 Å². The lowest BCUT2D eigenvalue weighted by Gasteiger charge is -2.29. The van der Waals surface area contributed by atoms with Crippen molar-refractivity contribution in [3.8, 4) is 0 Å². The number of hydrogen-bond acceptors (Lipinski definition) is 2. The number of hydrogen-bond donors (Lipinski definition) is 2. The van der Waals surface area contributed by atoms with Crippen molar-refractivity contribution in [2.75, 3.05) is 26.7 Å². The Labute approximate surface area is 92.4 Å². The van der Waals surface area contributed by atoms with E-state index in [1.54, 1.807) is 0 Å².